The van der Waals surface area contributed by atoms with Crippen molar-refractivity contribution in [3.05, 3.63) is 34.0 Å². The highest BCUT2D eigenvalue weighted by molar-refractivity contribution is 7.09. The van der Waals surface area contributed by atoms with Gasteiger partial charge in [0.05, 0.1) is 0 Å². The zero-order valence-corrected chi connectivity index (χ0v) is 18.0. The standard InChI is InChI=1S/C20H32N6OS/c1-16-23-24-19(26(16)3)15-22-20(21-10-6-18-5-4-14-28-18)25(2)11-7-17-8-12-27-13-9-17/h4-5,14,17H,6-13,15H2,1-3H3,(H,21,22). The second kappa shape index (κ2) is 10.6. The van der Waals surface area contributed by atoms with Crippen LogP contribution < -0.4 is 5.32 Å². The van der Waals surface area contributed by atoms with E-state index in [2.05, 4.69) is 45.0 Å². The van der Waals surface area contributed by atoms with Crippen LogP contribution in [0.15, 0.2) is 22.5 Å². The minimum absolute atomic E-state index is 0.528. The van der Waals surface area contributed by atoms with E-state index in [1.54, 1.807) is 11.3 Å². The van der Waals surface area contributed by atoms with Crippen LogP contribution in [0.1, 0.15) is 35.8 Å². The number of aromatic nitrogens is 3. The molecule has 0 atom stereocenters. The largest absolute Gasteiger partial charge is 0.381 e. The van der Waals surface area contributed by atoms with E-state index in [4.69, 9.17) is 9.73 Å². The third kappa shape index (κ3) is 6.04. The second-order valence-electron chi connectivity index (χ2n) is 7.38. The summed E-state index contributed by atoms with van der Waals surface area (Å²) in [7, 11) is 4.11. The second-order valence-corrected chi connectivity index (χ2v) is 8.42. The van der Waals surface area contributed by atoms with Gasteiger partial charge < -0.3 is 19.5 Å². The van der Waals surface area contributed by atoms with Gasteiger partial charge in [0.1, 0.15) is 12.4 Å². The molecular weight excluding hydrogens is 372 g/mol. The van der Waals surface area contributed by atoms with Crippen LogP contribution in [-0.4, -0.2) is 59.0 Å². The quantitative estimate of drug-likeness (QED) is 0.541. The number of aliphatic imine (C=N–C) groups is 1. The van der Waals surface area contributed by atoms with E-state index in [-0.39, 0.29) is 0 Å². The van der Waals surface area contributed by atoms with Crippen molar-refractivity contribution in [1.82, 2.24) is 25.0 Å². The summed E-state index contributed by atoms with van der Waals surface area (Å²) in [6, 6.07) is 4.28. The number of rotatable bonds is 8. The predicted octanol–water partition coefficient (Wildman–Crippen LogP) is 2.62. The molecule has 0 radical (unpaired) electrons. The van der Waals surface area contributed by atoms with E-state index in [1.165, 1.54) is 24.1 Å². The van der Waals surface area contributed by atoms with E-state index >= 15 is 0 Å². The summed E-state index contributed by atoms with van der Waals surface area (Å²) in [5, 5.41) is 14.0. The van der Waals surface area contributed by atoms with E-state index in [1.807, 2.05) is 18.5 Å². The van der Waals surface area contributed by atoms with Gasteiger partial charge in [-0.25, -0.2) is 4.99 Å². The molecule has 2 aromatic heterocycles. The number of hydrogen-bond acceptors (Lipinski definition) is 5. The molecule has 0 aliphatic carbocycles. The van der Waals surface area contributed by atoms with Crippen molar-refractivity contribution in [3.63, 3.8) is 0 Å². The number of hydrogen-bond donors (Lipinski definition) is 1. The Morgan fingerprint density at radius 1 is 1.39 bits per heavy atom. The maximum absolute atomic E-state index is 5.48. The van der Waals surface area contributed by atoms with Crippen LogP contribution >= 0.6 is 11.3 Å². The molecule has 1 fully saturated rings. The maximum Gasteiger partial charge on any atom is 0.194 e. The lowest BCUT2D eigenvalue weighted by molar-refractivity contribution is 0.0625. The Bertz CT molecular complexity index is 736. The summed E-state index contributed by atoms with van der Waals surface area (Å²) in [4.78, 5) is 8.47. The summed E-state index contributed by atoms with van der Waals surface area (Å²) in [6.45, 7) is 6.16. The molecule has 0 amide bonds. The summed E-state index contributed by atoms with van der Waals surface area (Å²) < 4.78 is 7.47. The molecule has 3 rings (SSSR count). The van der Waals surface area contributed by atoms with Crippen molar-refractivity contribution in [3.8, 4) is 0 Å². The van der Waals surface area contributed by atoms with Crippen LogP contribution in [0.3, 0.4) is 0 Å². The number of ether oxygens (including phenoxy) is 1. The van der Waals surface area contributed by atoms with Crippen molar-refractivity contribution in [2.75, 3.05) is 33.4 Å². The molecule has 2 aromatic rings. The molecular formula is C20H32N6OS. The molecule has 0 spiro atoms. The van der Waals surface area contributed by atoms with Gasteiger partial charge in [0.25, 0.3) is 0 Å². The molecule has 3 heterocycles. The minimum atomic E-state index is 0.528. The molecule has 7 nitrogen and oxygen atoms in total. The number of nitrogens with zero attached hydrogens (tertiary/aromatic N) is 5. The lowest BCUT2D eigenvalue weighted by atomic mass is 9.96. The summed E-state index contributed by atoms with van der Waals surface area (Å²) in [5.74, 6) is 3.48. The van der Waals surface area contributed by atoms with Gasteiger partial charge in [-0.2, -0.15) is 0 Å². The fourth-order valence-electron chi connectivity index (χ4n) is 3.32. The molecule has 1 N–H and O–H groups in total. The van der Waals surface area contributed by atoms with Crippen LogP contribution in [0.25, 0.3) is 0 Å². The molecule has 154 valence electrons. The summed E-state index contributed by atoms with van der Waals surface area (Å²) in [5.41, 5.74) is 0. The Labute approximate surface area is 171 Å². The van der Waals surface area contributed by atoms with Crippen LogP contribution in [0.2, 0.25) is 0 Å². The van der Waals surface area contributed by atoms with E-state index in [9.17, 15) is 0 Å². The van der Waals surface area contributed by atoms with Gasteiger partial charge in [-0.3, -0.25) is 0 Å². The van der Waals surface area contributed by atoms with Gasteiger partial charge in [-0.1, -0.05) is 6.07 Å². The first-order chi connectivity index (χ1) is 13.6. The number of guanidine groups is 1. The fraction of sp³-hybridized carbons (Fsp3) is 0.650. The highest BCUT2D eigenvalue weighted by Crippen LogP contribution is 2.18. The SMILES string of the molecule is Cc1nnc(CN=C(NCCc2cccs2)N(C)CCC2CCOCC2)n1C. The summed E-state index contributed by atoms with van der Waals surface area (Å²) in [6.07, 6.45) is 4.52. The predicted molar refractivity (Wildman–Crippen MR) is 114 cm³/mol. The Balaban J connectivity index is 1.58. The van der Waals surface area contributed by atoms with E-state index in [0.29, 0.717) is 6.54 Å². The Hall–Kier alpha value is -1.93. The lowest BCUT2D eigenvalue weighted by Crippen LogP contribution is -2.41. The van der Waals surface area contributed by atoms with Crippen LogP contribution in [0, 0.1) is 12.8 Å². The smallest absolute Gasteiger partial charge is 0.194 e. The maximum atomic E-state index is 5.48. The monoisotopic (exact) mass is 404 g/mol. The number of aryl methyl sites for hydroxylation is 1. The van der Waals surface area contributed by atoms with Crippen molar-refractivity contribution in [2.45, 2.75) is 39.2 Å². The molecule has 0 aromatic carbocycles. The third-order valence-electron chi connectivity index (χ3n) is 5.36. The molecule has 1 saturated heterocycles. The normalized spacial score (nSPS) is 15.8. The highest BCUT2D eigenvalue weighted by Gasteiger charge is 2.16. The molecule has 0 saturated carbocycles. The van der Waals surface area contributed by atoms with Gasteiger partial charge in [0.2, 0.25) is 0 Å². The van der Waals surface area contributed by atoms with Crippen molar-refractivity contribution in [2.24, 2.45) is 18.0 Å². The van der Waals surface area contributed by atoms with Gasteiger partial charge in [-0.15, -0.1) is 21.5 Å². The minimum Gasteiger partial charge on any atom is -0.381 e. The van der Waals surface area contributed by atoms with Gasteiger partial charge in [-0.05, 0) is 50.0 Å². The topological polar surface area (TPSA) is 67.6 Å². The zero-order chi connectivity index (χ0) is 19.8. The fourth-order valence-corrected chi connectivity index (χ4v) is 4.02. The Morgan fingerprint density at radius 3 is 2.89 bits per heavy atom. The number of thiophene rings is 1. The van der Waals surface area contributed by atoms with Crippen molar-refractivity contribution < 1.29 is 4.74 Å². The van der Waals surface area contributed by atoms with Crippen molar-refractivity contribution >= 4 is 17.3 Å². The average Bonchev–Trinajstić information content (AvgIpc) is 3.34. The average molecular weight is 405 g/mol. The first-order valence-electron chi connectivity index (χ1n) is 10.1. The van der Waals surface area contributed by atoms with E-state index in [0.717, 1.165) is 56.3 Å². The Morgan fingerprint density at radius 2 is 2.21 bits per heavy atom. The summed E-state index contributed by atoms with van der Waals surface area (Å²) >= 11 is 1.80. The van der Waals surface area contributed by atoms with Crippen LogP contribution in [0.5, 0.6) is 0 Å². The molecule has 0 bridgehead atoms. The molecule has 1 aliphatic heterocycles. The zero-order valence-electron chi connectivity index (χ0n) is 17.2. The van der Waals surface area contributed by atoms with Gasteiger partial charge in [0, 0.05) is 45.3 Å². The van der Waals surface area contributed by atoms with Crippen LogP contribution in [0.4, 0.5) is 0 Å². The molecule has 8 heteroatoms. The van der Waals surface area contributed by atoms with Crippen LogP contribution in [-0.2, 0) is 24.8 Å². The first kappa shape index (κ1) is 20.8. The van der Waals surface area contributed by atoms with E-state index < -0.39 is 0 Å². The van der Waals surface area contributed by atoms with Gasteiger partial charge in [0.15, 0.2) is 11.8 Å². The Kier molecular flexibility index (Phi) is 7.85. The van der Waals surface area contributed by atoms with Crippen molar-refractivity contribution in [1.29, 1.82) is 0 Å². The molecule has 28 heavy (non-hydrogen) atoms. The highest BCUT2D eigenvalue weighted by atomic mass is 32.1. The molecule has 1 aliphatic rings. The number of nitrogens with one attached hydrogen (secondary N) is 1. The molecule has 0 unspecified atom stereocenters. The lowest BCUT2D eigenvalue weighted by Gasteiger charge is -2.27. The van der Waals surface area contributed by atoms with Gasteiger partial charge >= 0.3 is 0 Å². The first-order valence-corrected chi connectivity index (χ1v) is 11.0. The third-order valence-corrected chi connectivity index (χ3v) is 6.30.